The molecule has 1 N–H and O–H groups in total. The SMILES string of the molecule is COc1c(CO)cc(Cl)c(F)c1F. The molecular formula is C8H7ClF2O2. The molecule has 0 heterocycles. The van der Waals surface area contributed by atoms with E-state index < -0.39 is 18.2 Å². The van der Waals surface area contributed by atoms with E-state index in [-0.39, 0.29) is 16.3 Å². The molecule has 5 heteroatoms. The third kappa shape index (κ3) is 1.73. The van der Waals surface area contributed by atoms with Gasteiger partial charge in [-0.25, -0.2) is 4.39 Å². The van der Waals surface area contributed by atoms with Gasteiger partial charge in [-0.15, -0.1) is 0 Å². The van der Waals surface area contributed by atoms with E-state index in [1.54, 1.807) is 0 Å². The summed E-state index contributed by atoms with van der Waals surface area (Å²) < 4.78 is 30.4. The minimum Gasteiger partial charge on any atom is -0.493 e. The maximum Gasteiger partial charge on any atom is 0.202 e. The highest BCUT2D eigenvalue weighted by atomic mass is 35.5. The monoisotopic (exact) mass is 208 g/mol. The van der Waals surface area contributed by atoms with Gasteiger partial charge in [0.15, 0.2) is 11.6 Å². The number of aliphatic hydroxyl groups excluding tert-OH is 1. The lowest BCUT2D eigenvalue weighted by molar-refractivity contribution is 0.269. The van der Waals surface area contributed by atoms with E-state index in [1.165, 1.54) is 7.11 Å². The molecule has 13 heavy (non-hydrogen) atoms. The largest absolute Gasteiger partial charge is 0.493 e. The van der Waals surface area contributed by atoms with E-state index in [2.05, 4.69) is 4.74 Å². The molecule has 0 atom stereocenters. The Labute approximate surface area is 78.7 Å². The van der Waals surface area contributed by atoms with Gasteiger partial charge in [-0.05, 0) is 6.07 Å². The minimum absolute atomic E-state index is 0.117. The zero-order valence-electron chi connectivity index (χ0n) is 6.77. The maximum atomic E-state index is 13.0. The second-order valence-corrected chi connectivity index (χ2v) is 2.74. The molecule has 0 aliphatic heterocycles. The molecule has 0 fully saturated rings. The van der Waals surface area contributed by atoms with Gasteiger partial charge in [-0.2, -0.15) is 4.39 Å². The van der Waals surface area contributed by atoms with Crippen LogP contribution >= 0.6 is 11.6 Å². The zero-order chi connectivity index (χ0) is 10.0. The molecule has 0 saturated heterocycles. The Morgan fingerprint density at radius 3 is 2.54 bits per heavy atom. The van der Waals surface area contributed by atoms with Crippen LogP contribution < -0.4 is 4.74 Å². The summed E-state index contributed by atoms with van der Waals surface area (Å²) in [4.78, 5) is 0. The number of halogens is 3. The van der Waals surface area contributed by atoms with Gasteiger partial charge in [-0.1, -0.05) is 11.6 Å². The molecule has 0 aliphatic rings. The van der Waals surface area contributed by atoms with E-state index >= 15 is 0 Å². The van der Waals surface area contributed by atoms with Gasteiger partial charge in [-0.3, -0.25) is 0 Å². The number of hydrogen-bond acceptors (Lipinski definition) is 2. The molecule has 72 valence electrons. The summed E-state index contributed by atoms with van der Waals surface area (Å²) in [6.45, 7) is -0.458. The van der Waals surface area contributed by atoms with E-state index in [4.69, 9.17) is 16.7 Å². The fraction of sp³-hybridized carbons (Fsp3) is 0.250. The summed E-state index contributed by atoms with van der Waals surface area (Å²) in [5.41, 5.74) is 0.117. The number of methoxy groups -OCH3 is 1. The van der Waals surface area contributed by atoms with Crippen molar-refractivity contribution >= 4 is 11.6 Å². The van der Waals surface area contributed by atoms with Crippen molar-refractivity contribution in [1.82, 2.24) is 0 Å². The fourth-order valence-corrected chi connectivity index (χ4v) is 1.18. The predicted molar refractivity (Wildman–Crippen MR) is 43.8 cm³/mol. The van der Waals surface area contributed by atoms with Crippen molar-refractivity contribution in [2.45, 2.75) is 6.61 Å². The average Bonchev–Trinajstić information content (AvgIpc) is 2.13. The van der Waals surface area contributed by atoms with Gasteiger partial charge in [0.25, 0.3) is 0 Å². The first-order valence-corrected chi connectivity index (χ1v) is 3.80. The minimum atomic E-state index is -1.18. The van der Waals surface area contributed by atoms with Crippen LogP contribution in [-0.4, -0.2) is 12.2 Å². The Balaban J connectivity index is 3.39. The van der Waals surface area contributed by atoms with E-state index in [0.717, 1.165) is 6.07 Å². The first kappa shape index (κ1) is 10.2. The Morgan fingerprint density at radius 1 is 1.46 bits per heavy atom. The van der Waals surface area contributed by atoms with Crippen molar-refractivity contribution in [3.8, 4) is 5.75 Å². The first-order valence-electron chi connectivity index (χ1n) is 3.43. The Hall–Kier alpha value is -0.870. The van der Waals surface area contributed by atoms with Crippen molar-refractivity contribution in [2.24, 2.45) is 0 Å². The number of hydrogen-bond donors (Lipinski definition) is 1. The summed E-state index contributed by atoms with van der Waals surface area (Å²) >= 11 is 5.35. The Bertz CT molecular complexity index is 328. The van der Waals surface area contributed by atoms with Gasteiger partial charge in [0.1, 0.15) is 0 Å². The highest BCUT2D eigenvalue weighted by molar-refractivity contribution is 6.30. The lowest BCUT2D eigenvalue weighted by Crippen LogP contribution is -1.99. The highest BCUT2D eigenvalue weighted by Crippen LogP contribution is 2.30. The first-order chi connectivity index (χ1) is 6.11. The predicted octanol–water partition coefficient (Wildman–Crippen LogP) is 2.12. The van der Waals surface area contributed by atoms with Crippen LogP contribution in [0.5, 0.6) is 5.75 Å². The number of ether oxygens (including phenoxy) is 1. The van der Waals surface area contributed by atoms with Crippen LogP contribution in [0.4, 0.5) is 8.78 Å². The summed E-state index contributed by atoms with van der Waals surface area (Å²) in [5.74, 6) is -2.67. The van der Waals surface area contributed by atoms with Crippen LogP contribution in [0.2, 0.25) is 5.02 Å². The second-order valence-electron chi connectivity index (χ2n) is 2.34. The molecule has 0 unspecified atom stereocenters. The molecule has 0 bridgehead atoms. The summed E-state index contributed by atoms with van der Waals surface area (Å²) in [5, 5.41) is 8.39. The Morgan fingerprint density at radius 2 is 2.08 bits per heavy atom. The van der Waals surface area contributed by atoms with Gasteiger partial charge in [0, 0.05) is 5.56 Å². The standard InChI is InChI=1S/C8H7ClF2O2/c1-13-8-4(3-12)2-5(9)6(10)7(8)11/h2,12H,3H2,1H3. The second kappa shape index (κ2) is 3.89. The van der Waals surface area contributed by atoms with Gasteiger partial charge < -0.3 is 9.84 Å². The maximum absolute atomic E-state index is 13.0. The fourth-order valence-electron chi connectivity index (χ4n) is 0.966. The smallest absolute Gasteiger partial charge is 0.202 e. The average molecular weight is 209 g/mol. The van der Waals surface area contributed by atoms with Crippen LogP contribution in [0.25, 0.3) is 0 Å². The van der Waals surface area contributed by atoms with E-state index in [1.807, 2.05) is 0 Å². The lowest BCUT2D eigenvalue weighted by atomic mass is 10.2. The van der Waals surface area contributed by atoms with Crippen molar-refractivity contribution < 1.29 is 18.6 Å². The van der Waals surface area contributed by atoms with Crippen molar-refractivity contribution in [1.29, 1.82) is 0 Å². The van der Waals surface area contributed by atoms with Crippen LogP contribution in [0.1, 0.15) is 5.56 Å². The molecule has 0 saturated carbocycles. The molecule has 0 aliphatic carbocycles. The highest BCUT2D eigenvalue weighted by Gasteiger charge is 2.17. The number of benzene rings is 1. The van der Waals surface area contributed by atoms with Crippen LogP contribution in [-0.2, 0) is 6.61 Å². The van der Waals surface area contributed by atoms with Crippen LogP contribution in [0.3, 0.4) is 0 Å². The van der Waals surface area contributed by atoms with Crippen molar-refractivity contribution in [3.05, 3.63) is 28.3 Å². The third-order valence-electron chi connectivity index (χ3n) is 1.57. The number of aliphatic hydroxyl groups is 1. The zero-order valence-corrected chi connectivity index (χ0v) is 7.53. The molecule has 0 radical (unpaired) electrons. The summed E-state index contributed by atoms with van der Waals surface area (Å²) in [7, 11) is 1.19. The molecular weight excluding hydrogens is 202 g/mol. The lowest BCUT2D eigenvalue weighted by Gasteiger charge is -2.08. The van der Waals surface area contributed by atoms with Gasteiger partial charge in [0.2, 0.25) is 5.82 Å². The van der Waals surface area contributed by atoms with Crippen LogP contribution in [0, 0.1) is 11.6 Å². The Kier molecular flexibility index (Phi) is 3.06. The molecule has 2 nitrogen and oxygen atoms in total. The molecule has 0 amide bonds. The van der Waals surface area contributed by atoms with Crippen molar-refractivity contribution in [2.75, 3.05) is 7.11 Å². The van der Waals surface area contributed by atoms with Gasteiger partial charge >= 0.3 is 0 Å². The van der Waals surface area contributed by atoms with Crippen LogP contribution in [0.15, 0.2) is 6.07 Å². The summed E-state index contributed by atoms with van der Waals surface area (Å²) in [6.07, 6.45) is 0. The molecule has 1 aromatic carbocycles. The quantitative estimate of drug-likeness (QED) is 0.755. The number of rotatable bonds is 2. The summed E-state index contributed by atoms with van der Waals surface area (Å²) in [6, 6.07) is 1.12. The van der Waals surface area contributed by atoms with Crippen molar-refractivity contribution in [3.63, 3.8) is 0 Å². The van der Waals surface area contributed by atoms with E-state index in [0.29, 0.717) is 0 Å². The molecule has 1 rings (SSSR count). The molecule has 1 aromatic rings. The molecule has 0 spiro atoms. The molecule has 0 aromatic heterocycles. The van der Waals surface area contributed by atoms with Gasteiger partial charge in [0.05, 0.1) is 18.7 Å². The van der Waals surface area contributed by atoms with E-state index in [9.17, 15) is 8.78 Å². The normalized spacial score (nSPS) is 10.2. The third-order valence-corrected chi connectivity index (χ3v) is 1.84. The topological polar surface area (TPSA) is 29.5 Å².